The van der Waals surface area contributed by atoms with Gasteiger partial charge in [-0.3, -0.25) is 9.59 Å². The van der Waals surface area contributed by atoms with Crippen LogP contribution in [-0.4, -0.2) is 36.9 Å². The zero-order chi connectivity index (χ0) is 22.6. The van der Waals surface area contributed by atoms with Crippen LogP contribution in [0.5, 0.6) is 0 Å². The summed E-state index contributed by atoms with van der Waals surface area (Å²) in [6.45, 7) is 13.3. The van der Waals surface area contributed by atoms with Gasteiger partial charge >= 0.3 is 0 Å². The second-order valence-electron chi connectivity index (χ2n) is 10.6. The Morgan fingerprint density at radius 3 is 2.23 bits per heavy atom. The molecule has 2 rings (SSSR count). The maximum absolute atomic E-state index is 13.2. The Balaban J connectivity index is 2.32. The van der Waals surface area contributed by atoms with Crippen LogP contribution in [0.25, 0.3) is 0 Å². The number of nitrogens with one attached hydrogen (secondary N) is 1. The normalized spacial score (nSPS) is 15.5. The van der Waals surface area contributed by atoms with Crippen molar-refractivity contribution in [3.8, 4) is 0 Å². The van der Waals surface area contributed by atoms with Crippen LogP contribution in [0.2, 0.25) is 0 Å². The zero-order valence-electron chi connectivity index (χ0n) is 20.2. The molecule has 30 heavy (non-hydrogen) atoms. The van der Waals surface area contributed by atoms with Gasteiger partial charge in [0.1, 0.15) is 0 Å². The first kappa shape index (κ1) is 24.2. The molecule has 0 aliphatic heterocycles. The van der Waals surface area contributed by atoms with E-state index in [4.69, 9.17) is 0 Å². The lowest BCUT2D eigenvalue weighted by atomic mass is 9.85. The SMILES string of the molecule is CC(C)C(C)N(Cc1cc(NC(=O)C2CCC2)ccc1N(C)C)C(=O)CC(C)(C)C. The molecule has 1 fully saturated rings. The first-order valence-electron chi connectivity index (χ1n) is 11.3. The number of amides is 2. The molecule has 1 unspecified atom stereocenters. The first-order valence-corrected chi connectivity index (χ1v) is 11.3. The Morgan fingerprint density at radius 2 is 1.77 bits per heavy atom. The van der Waals surface area contributed by atoms with Gasteiger partial charge in [-0.15, -0.1) is 0 Å². The summed E-state index contributed by atoms with van der Waals surface area (Å²) in [4.78, 5) is 29.7. The van der Waals surface area contributed by atoms with Crippen molar-refractivity contribution in [2.45, 2.75) is 79.8 Å². The van der Waals surface area contributed by atoms with E-state index in [1.165, 1.54) is 0 Å². The molecule has 1 aromatic carbocycles. The van der Waals surface area contributed by atoms with E-state index in [0.717, 1.165) is 36.2 Å². The number of carbonyl (C=O) groups excluding carboxylic acids is 2. The minimum atomic E-state index is -0.0605. The highest BCUT2D eigenvalue weighted by Crippen LogP contribution is 2.31. The minimum absolute atomic E-state index is 0.0605. The zero-order valence-corrected chi connectivity index (χ0v) is 20.2. The van der Waals surface area contributed by atoms with Crippen molar-refractivity contribution in [1.82, 2.24) is 4.90 Å². The fourth-order valence-electron chi connectivity index (χ4n) is 3.70. The molecule has 1 N–H and O–H groups in total. The molecule has 5 heteroatoms. The van der Waals surface area contributed by atoms with Crippen LogP contribution < -0.4 is 10.2 Å². The van der Waals surface area contributed by atoms with Gasteiger partial charge in [-0.05, 0) is 54.9 Å². The number of benzene rings is 1. The number of hydrogen-bond acceptors (Lipinski definition) is 3. The fraction of sp³-hybridized carbons (Fsp3) is 0.680. The third-order valence-corrected chi connectivity index (χ3v) is 6.10. The van der Waals surface area contributed by atoms with Crippen LogP contribution in [0.3, 0.4) is 0 Å². The predicted octanol–water partition coefficient (Wildman–Crippen LogP) is 5.30. The van der Waals surface area contributed by atoms with Gasteiger partial charge < -0.3 is 15.1 Å². The monoisotopic (exact) mass is 415 g/mol. The van der Waals surface area contributed by atoms with Gasteiger partial charge in [0.15, 0.2) is 0 Å². The van der Waals surface area contributed by atoms with Crippen LogP contribution in [0.4, 0.5) is 11.4 Å². The number of carbonyl (C=O) groups is 2. The third kappa shape index (κ3) is 6.48. The van der Waals surface area contributed by atoms with Crippen molar-refractivity contribution in [1.29, 1.82) is 0 Å². The summed E-state index contributed by atoms with van der Waals surface area (Å²) in [5.41, 5.74) is 2.88. The van der Waals surface area contributed by atoms with Crippen molar-refractivity contribution in [3.05, 3.63) is 23.8 Å². The number of nitrogens with zero attached hydrogens (tertiary/aromatic N) is 2. The van der Waals surface area contributed by atoms with Crippen molar-refractivity contribution >= 4 is 23.2 Å². The largest absolute Gasteiger partial charge is 0.377 e. The first-order chi connectivity index (χ1) is 13.9. The van der Waals surface area contributed by atoms with E-state index in [2.05, 4.69) is 51.8 Å². The van der Waals surface area contributed by atoms with E-state index in [-0.39, 0.29) is 29.2 Å². The Kier molecular flexibility index (Phi) is 7.95. The second-order valence-corrected chi connectivity index (χ2v) is 10.6. The topological polar surface area (TPSA) is 52.7 Å². The molecule has 1 aliphatic rings. The van der Waals surface area contributed by atoms with Crippen molar-refractivity contribution in [3.63, 3.8) is 0 Å². The van der Waals surface area contributed by atoms with Gasteiger partial charge in [-0.1, -0.05) is 41.0 Å². The lowest BCUT2D eigenvalue weighted by Crippen LogP contribution is -2.42. The van der Waals surface area contributed by atoms with Gasteiger partial charge in [-0.2, -0.15) is 0 Å². The molecule has 0 heterocycles. The molecule has 1 aromatic rings. The summed E-state index contributed by atoms with van der Waals surface area (Å²) in [7, 11) is 4.03. The summed E-state index contributed by atoms with van der Waals surface area (Å²) in [5, 5.41) is 3.08. The van der Waals surface area contributed by atoms with E-state index in [1.54, 1.807) is 0 Å². The minimum Gasteiger partial charge on any atom is -0.377 e. The van der Waals surface area contributed by atoms with E-state index in [1.807, 2.05) is 37.2 Å². The molecule has 1 saturated carbocycles. The number of anilines is 2. The summed E-state index contributed by atoms with van der Waals surface area (Å²) in [5.74, 6) is 0.796. The molecule has 1 aliphatic carbocycles. The molecule has 0 saturated heterocycles. The average Bonchev–Trinajstić information content (AvgIpc) is 2.55. The average molecular weight is 416 g/mol. The Bertz CT molecular complexity index is 745. The molecule has 2 amide bonds. The van der Waals surface area contributed by atoms with Crippen LogP contribution in [-0.2, 0) is 16.1 Å². The smallest absolute Gasteiger partial charge is 0.227 e. The van der Waals surface area contributed by atoms with Crippen LogP contribution in [0.1, 0.15) is 72.8 Å². The summed E-state index contributed by atoms with van der Waals surface area (Å²) < 4.78 is 0. The van der Waals surface area contributed by atoms with E-state index < -0.39 is 0 Å². The summed E-state index contributed by atoms with van der Waals surface area (Å²) in [6.07, 6.45) is 3.62. The summed E-state index contributed by atoms with van der Waals surface area (Å²) >= 11 is 0. The standard InChI is InChI=1S/C25H41N3O2/c1-17(2)18(3)28(23(29)15-25(4,5)6)16-20-14-21(12-13-22(20)27(7)8)26-24(30)19-10-9-11-19/h12-14,17-19H,9-11,15-16H2,1-8H3,(H,26,30). The lowest BCUT2D eigenvalue weighted by molar-refractivity contribution is -0.136. The highest BCUT2D eigenvalue weighted by atomic mass is 16.2. The van der Waals surface area contributed by atoms with E-state index in [9.17, 15) is 9.59 Å². The third-order valence-electron chi connectivity index (χ3n) is 6.10. The molecule has 0 radical (unpaired) electrons. The number of rotatable bonds is 8. The Morgan fingerprint density at radius 1 is 1.13 bits per heavy atom. The number of hydrogen-bond donors (Lipinski definition) is 1. The quantitative estimate of drug-likeness (QED) is 0.627. The fourth-order valence-corrected chi connectivity index (χ4v) is 3.70. The summed E-state index contributed by atoms with van der Waals surface area (Å²) in [6, 6.07) is 6.17. The molecule has 5 nitrogen and oxygen atoms in total. The maximum atomic E-state index is 13.2. The second kappa shape index (κ2) is 9.84. The molecular formula is C25H41N3O2. The van der Waals surface area contributed by atoms with Gasteiger partial charge in [0.25, 0.3) is 0 Å². The van der Waals surface area contributed by atoms with Gasteiger partial charge in [-0.25, -0.2) is 0 Å². The van der Waals surface area contributed by atoms with Crippen LogP contribution >= 0.6 is 0 Å². The predicted molar refractivity (Wildman–Crippen MR) is 126 cm³/mol. The van der Waals surface area contributed by atoms with Gasteiger partial charge in [0.2, 0.25) is 11.8 Å². The molecule has 1 atom stereocenters. The van der Waals surface area contributed by atoms with Gasteiger partial charge in [0.05, 0.1) is 0 Å². The van der Waals surface area contributed by atoms with E-state index >= 15 is 0 Å². The van der Waals surface area contributed by atoms with Crippen LogP contribution in [0, 0.1) is 17.3 Å². The Labute approximate surface area is 183 Å². The molecule has 168 valence electrons. The lowest BCUT2D eigenvalue weighted by Gasteiger charge is -2.35. The molecule has 0 spiro atoms. The molecular weight excluding hydrogens is 374 g/mol. The highest BCUT2D eigenvalue weighted by molar-refractivity contribution is 5.93. The van der Waals surface area contributed by atoms with Crippen molar-refractivity contribution in [2.75, 3.05) is 24.3 Å². The molecule has 0 aromatic heterocycles. The maximum Gasteiger partial charge on any atom is 0.227 e. The van der Waals surface area contributed by atoms with E-state index in [0.29, 0.717) is 18.9 Å². The van der Waals surface area contributed by atoms with Crippen LogP contribution in [0.15, 0.2) is 18.2 Å². The van der Waals surface area contributed by atoms with Gasteiger partial charge in [0, 0.05) is 50.4 Å². The Hall–Kier alpha value is -2.04. The highest BCUT2D eigenvalue weighted by Gasteiger charge is 2.28. The van der Waals surface area contributed by atoms with Crippen molar-refractivity contribution < 1.29 is 9.59 Å². The van der Waals surface area contributed by atoms with Crippen molar-refractivity contribution in [2.24, 2.45) is 17.3 Å². The molecule has 0 bridgehead atoms.